The van der Waals surface area contributed by atoms with Crippen LogP contribution in [0.3, 0.4) is 0 Å². The molecule has 0 saturated carbocycles. The van der Waals surface area contributed by atoms with Crippen LogP contribution in [0.1, 0.15) is 17.2 Å². The van der Waals surface area contributed by atoms with Crippen molar-refractivity contribution in [2.45, 2.75) is 12.5 Å². The average molecular weight is 377 g/mol. The first kappa shape index (κ1) is 13.8. The molecule has 1 N–H and O–H groups in total. The summed E-state index contributed by atoms with van der Waals surface area (Å²) in [6.45, 7) is 0. The van der Waals surface area contributed by atoms with Crippen molar-refractivity contribution < 1.29 is 9.50 Å². The standard InChI is InChI=1S/C14H11ClFIO/c15-12-6-5-10(16)7-9(12)8-14(18)11-3-1-2-4-13(11)17/h1-7,14,18H,8H2. The van der Waals surface area contributed by atoms with Gasteiger partial charge in [-0.1, -0.05) is 29.8 Å². The minimum Gasteiger partial charge on any atom is -0.388 e. The third-order valence-corrected chi connectivity index (χ3v) is 4.04. The largest absolute Gasteiger partial charge is 0.388 e. The molecular weight excluding hydrogens is 366 g/mol. The van der Waals surface area contributed by atoms with Gasteiger partial charge in [-0.25, -0.2) is 4.39 Å². The topological polar surface area (TPSA) is 20.2 Å². The molecule has 18 heavy (non-hydrogen) atoms. The Balaban J connectivity index is 2.24. The highest BCUT2D eigenvalue weighted by Gasteiger charge is 2.13. The van der Waals surface area contributed by atoms with Crippen molar-refractivity contribution in [1.29, 1.82) is 0 Å². The van der Waals surface area contributed by atoms with Crippen LogP contribution in [0.15, 0.2) is 42.5 Å². The molecule has 0 spiro atoms. The molecule has 0 aliphatic carbocycles. The SMILES string of the molecule is OC(Cc1cc(F)ccc1Cl)c1ccccc1I. The Bertz CT molecular complexity index is 559. The molecule has 0 amide bonds. The lowest BCUT2D eigenvalue weighted by molar-refractivity contribution is 0.177. The van der Waals surface area contributed by atoms with E-state index in [-0.39, 0.29) is 5.82 Å². The third-order valence-electron chi connectivity index (χ3n) is 2.69. The maximum absolute atomic E-state index is 13.1. The van der Waals surface area contributed by atoms with Gasteiger partial charge in [0.1, 0.15) is 5.82 Å². The van der Waals surface area contributed by atoms with E-state index in [1.165, 1.54) is 18.2 Å². The third kappa shape index (κ3) is 3.22. The van der Waals surface area contributed by atoms with Crippen LogP contribution in [0, 0.1) is 9.39 Å². The Labute approximate surface area is 124 Å². The number of halogens is 3. The Hall–Kier alpha value is -0.650. The predicted octanol–water partition coefficient (Wildman–Crippen LogP) is 4.36. The average Bonchev–Trinajstić information content (AvgIpc) is 2.34. The van der Waals surface area contributed by atoms with E-state index in [2.05, 4.69) is 22.6 Å². The number of aliphatic hydroxyl groups is 1. The molecule has 0 heterocycles. The summed E-state index contributed by atoms with van der Waals surface area (Å²) in [5, 5.41) is 10.7. The highest BCUT2D eigenvalue weighted by atomic mass is 127. The normalized spacial score (nSPS) is 12.4. The fourth-order valence-corrected chi connectivity index (χ4v) is 2.70. The minimum absolute atomic E-state index is 0.302. The molecule has 0 radical (unpaired) electrons. The highest BCUT2D eigenvalue weighted by molar-refractivity contribution is 14.1. The van der Waals surface area contributed by atoms with Crippen molar-refractivity contribution in [3.63, 3.8) is 0 Å². The Kier molecular flexibility index (Phi) is 4.59. The number of benzene rings is 2. The van der Waals surface area contributed by atoms with E-state index in [0.29, 0.717) is 17.0 Å². The lowest BCUT2D eigenvalue weighted by Crippen LogP contribution is -2.04. The maximum Gasteiger partial charge on any atom is 0.123 e. The highest BCUT2D eigenvalue weighted by Crippen LogP contribution is 2.26. The van der Waals surface area contributed by atoms with Gasteiger partial charge in [-0.2, -0.15) is 0 Å². The molecular formula is C14H11ClFIO. The first-order valence-corrected chi connectivity index (χ1v) is 6.90. The lowest BCUT2D eigenvalue weighted by atomic mass is 10.0. The van der Waals surface area contributed by atoms with Gasteiger partial charge in [-0.05, 0) is 58.0 Å². The van der Waals surface area contributed by atoms with E-state index in [9.17, 15) is 9.50 Å². The van der Waals surface area contributed by atoms with Gasteiger partial charge in [0.15, 0.2) is 0 Å². The van der Waals surface area contributed by atoms with E-state index in [1.807, 2.05) is 24.3 Å². The first-order chi connectivity index (χ1) is 8.58. The summed E-state index contributed by atoms with van der Waals surface area (Å²) in [6, 6.07) is 11.7. The second kappa shape index (κ2) is 5.99. The Morgan fingerprint density at radius 2 is 1.94 bits per heavy atom. The molecule has 0 aliphatic heterocycles. The smallest absolute Gasteiger partial charge is 0.123 e. The molecule has 2 rings (SSSR count). The molecule has 1 atom stereocenters. The number of aliphatic hydroxyl groups excluding tert-OH is 1. The summed E-state index contributed by atoms with van der Waals surface area (Å²) in [5.41, 5.74) is 1.45. The molecule has 2 aromatic rings. The fourth-order valence-electron chi connectivity index (χ4n) is 1.76. The summed E-state index contributed by atoms with van der Waals surface area (Å²) in [7, 11) is 0. The van der Waals surface area contributed by atoms with Crippen LogP contribution in [-0.2, 0) is 6.42 Å². The van der Waals surface area contributed by atoms with Gasteiger partial charge >= 0.3 is 0 Å². The lowest BCUT2D eigenvalue weighted by Gasteiger charge is -2.13. The van der Waals surface area contributed by atoms with Crippen LogP contribution in [-0.4, -0.2) is 5.11 Å². The van der Waals surface area contributed by atoms with E-state index in [4.69, 9.17) is 11.6 Å². The summed E-state index contributed by atoms with van der Waals surface area (Å²) >= 11 is 8.15. The maximum atomic E-state index is 13.1. The van der Waals surface area contributed by atoms with Crippen LogP contribution in [0.4, 0.5) is 4.39 Å². The second-order valence-electron chi connectivity index (χ2n) is 3.98. The van der Waals surface area contributed by atoms with E-state index >= 15 is 0 Å². The molecule has 1 unspecified atom stereocenters. The molecule has 4 heteroatoms. The van der Waals surface area contributed by atoms with Gasteiger partial charge in [0, 0.05) is 15.0 Å². The van der Waals surface area contributed by atoms with Gasteiger partial charge < -0.3 is 5.11 Å². The molecule has 1 nitrogen and oxygen atoms in total. The van der Waals surface area contributed by atoms with Crippen molar-refractivity contribution >= 4 is 34.2 Å². The Morgan fingerprint density at radius 3 is 2.67 bits per heavy atom. The fraction of sp³-hybridized carbons (Fsp3) is 0.143. The zero-order chi connectivity index (χ0) is 13.1. The predicted molar refractivity (Wildman–Crippen MR) is 79.2 cm³/mol. The molecule has 94 valence electrons. The summed E-state index contributed by atoms with van der Waals surface area (Å²) in [6.07, 6.45) is -0.381. The van der Waals surface area contributed by atoms with Crippen molar-refractivity contribution in [2.75, 3.05) is 0 Å². The molecule has 0 aliphatic rings. The Morgan fingerprint density at radius 1 is 1.22 bits per heavy atom. The van der Waals surface area contributed by atoms with E-state index in [1.54, 1.807) is 0 Å². The first-order valence-electron chi connectivity index (χ1n) is 5.44. The summed E-state index contributed by atoms with van der Waals surface area (Å²) in [5.74, 6) is -0.343. The number of hydrogen-bond donors (Lipinski definition) is 1. The van der Waals surface area contributed by atoms with Crippen LogP contribution in [0.25, 0.3) is 0 Å². The number of rotatable bonds is 3. The summed E-state index contributed by atoms with van der Waals surface area (Å²) < 4.78 is 14.1. The van der Waals surface area contributed by atoms with Gasteiger partial charge in [0.2, 0.25) is 0 Å². The van der Waals surface area contributed by atoms with E-state index < -0.39 is 6.10 Å². The zero-order valence-electron chi connectivity index (χ0n) is 9.41. The van der Waals surface area contributed by atoms with Gasteiger partial charge in [-0.3, -0.25) is 0 Å². The second-order valence-corrected chi connectivity index (χ2v) is 5.55. The van der Waals surface area contributed by atoms with Crippen LogP contribution < -0.4 is 0 Å². The van der Waals surface area contributed by atoms with Gasteiger partial charge in [0.05, 0.1) is 6.10 Å². The molecule has 0 aromatic heterocycles. The quantitative estimate of drug-likeness (QED) is 0.789. The van der Waals surface area contributed by atoms with Crippen molar-refractivity contribution in [3.8, 4) is 0 Å². The van der Waals surface area contributed by atoms with Crippen molar-refractivity contribution in [2.24, 2.45) is 0 Å². The van der Waals surface area contributed by atoms with E-state index in [0.717, 1.165) is 9.13 Å². The molecule has 0 fully saturated rings. The van der Waals surface area contributed by atoms with Crippen LogP contribution >= 0.6 is 34.2 Å². The zero-order valence-corrected chi connectivity index (χ0v) is 12.3. The molecule has 0 bridgehead atoms. The molecule has 2 aromatic carbocycles. The molecule has 0 saturated heterocycles. The van der Waals surface area contributed by atoms with Crippen LogP contribution in [0.2, 0.25) is 5.02 Å². The van der Waals surface area contributed by atoms with Gasteiger partial charge in [-0.15, -0.1) is 0 Å². The minimum atomic E-state index is -0.683. The summed E-state index contributed by atoms with van der Waals surface area (Å²) in [4.78, 5) is 0. The van der Waals surface area contributed by atoms with Crippen molar-refractivity contribution in [3.05, 3.63) is 68.0 Å². The number of hydrogen-bond acceptors (Lipinski definition) is 1. The van der Waals surface area contributed by atoms with Gasteiger partial charge in [0.25, 0.3) is 0 Å². The monoisotopic (exact) mass is 376 g/mol. The van der Waals surface area contributed by atoms with Crippen LogP contribution in [0.5, 0.6) is 0 Å². The van der Waals surface area contributed by atoms with Crippen molar-refractivity contribution in [1.82, 2.24) is 0 Å².